The van der Waals surface area contributed by atoms with Gasteiger partial charge in [-0.1, -0.05) is 194 Å². The van der Waals surface area contributed by atoms with Gasteiger partial charge in [0.2, 0.25) is 0 Å². The summed E-state index contributed by atoms with van der Waals surface area (Å²) in [6.07, 6.45) is 0. The van der Waals surface area contributed by atoms with E-state index < -0.39 is 8.07 Å². The fourth-order valence-electron chi connectivity index (χ4n) is 11.0. The van der Waals surface area contributed by atoms with E-state index in [0.717, 1.165) is 17.1 Å². The van der Waals surface area contributed by atoms with Crippen molar-refractivity contribution in [3.05, 3.63) is 249 Å². The Kier molecular flexibility index (Phi) is 8.23. The molecule has 0 fully saturated rings. The molecule has 64 heavy (non-hydrogen) atoms. The van der Waals surface area contributed by atoms with Gasteiger partial charge in [0.05, 0.1) is 44.5 Å². The Balaban J connectivity index is 1.26. The third-order valence-electron chi connectivity index (χ3n) is 13.6. The van der Waals surface area contributed by atoms with Crippen LogP contribution in [0.2, 0.25) is 0 Å². The lowest BCUT2D eigenvalue weighted by Gasteiger charge is -2.35. The summed E-state index contributed by atoms with van der Waals surface area (Å²) >= 11 is 0. The third-order valence-corrected chi connectivity index (χ3v) is 18.3. The Morgan fingerprint density at radius 2 is 0.656 bits per heavy atom. The molecular weight excluding hydrogens is 791 g/mol. The third kappa shape index (κ3) is 5.21. The highest BCUT2D eigenvalue weighted by Gasteiger charge is 2.42. The van der Waals surface area contributed by atoms with E-state index in [9.17, 15) is 0 Å². The number of fused-ring (bicyclic) bond motifs is 9. The van der Waals surface area contributed by atoms with Crippen molar-refractivity contribution < 1.29 is 0 Å². The molecule has 300 valence electrons. The predicted molar refractivity (Wildman–Crippen MR) is 273 cm³/mol. The molecule has 0 saturated heterocycles. The zero-order valence-corrected chi connectivity index (χ0v) is 36.0. The first-order valence-corrected chi connectivity index (χ1v) is 24.1. The molecule has 0 aliphatic carbocycles. The van der Waals surface area contributed by atoms with Crippen LogP contribution in [0, 0.1) is 0 Å². The first kappa shape index (κ1) is 36.5. The Morgan fingerprint density at radius 3 is 1.19 bits per heavy atom. The second-order valence-electron chi connectivity index (χ2n) is 16.8. The van der Waals surface area contributed by atoms with E-state index in [0.29, 0.717) is 0 Å². The van der Waals surface area contributed by atoms with E-state index in [1.807, 2.05) is 0 Å². The van der Waals surface area contributed by atoms with Gasteiger partial charge in [-0.15, -0.1) is 0 Å². The van der Waals surface area contributed by atoms with Crippen LogP contribution in [0.4, 0.5) is 0 Å². The fraction of sp³-hybridized carbons (Fsp3) is 0. The van der Waals surface area contributed by atoms with Gasteiger partial charge in [0.1, 0.15) is 0 Å². The van der Waals surface area contributed by atoms with Crippen molar-refractivity contribution in [1.82, 2.24) is 13.7 Å². The number of benzene rings is 10. The highest BCUT2D eigenvalue weighted by atomic mass is 28.3. The van der Waals surface area contributed by atoms with E-state index in [4.69, 9.17) is 0 Å². The van der Waals surface area contributed by atoms with Gasteiger partial charge < -0.3 is 13.7 Å². The maximum Gasteiger partial charge on any atom is 0.179 e. The molecule has 3 aromatic heterocycles. The summed E-state index contributed by atoms with van der Waals surface area (Å²) in [5.41, 5.74) is 10.5. The first-order chi connectivity index (χ1) is 31.8. The van der Waals surface area contributed by atoms with E-state index in [1.54, 1.807) is 0 Å². The molecule has 0 unspecified atom stereocenters. The molecule has 3 heterocycles. The van der Waals surface area contributed by atoms with E-state index in [-0.39, 0.29) is 0 Å². The number of hydrogen-bond donors (Lipinski definition) is 0. The lowest BCUT2D eigenvalue weighted by atomic mass is 10.1. The van der Waals surface area contributed by atoms with Crippen LogP contribution in [0.5, 0.6) is 0 Å². The van der Waals surface area contributed by atoms with Crippen molar-refractivity contribution in [1.29, 1.82) is 0 Å². The highest BCUT2D eigenvalue weighted by Crippen LogP contribution is 2.43. The van der Waals surface area contributed by atoms with Crippen LogP contribution in [0.15, 0.2) is 249 Å². The Labute approximate surface area is 372 Å². The summed E-state index contributed by atoms with van der Waals surface area (Å²) in [7, 11) is -2.99. The van der Waals surface area contributed by atoms with Gasteiger partial charge in [-0.25, -0.2) is 0 Å². The van der Waals surface area contributed by atoms with Crippen LogP contribution in [-0.2, 0) is 0 Å². The second kappa shape index (κ2) is 14.5. The number of para-hydroxylation sites is 5. The Bertz CT molecular complexity index is 3730. The summed E-state index contributed by atoms with van der Waals surface area (Å²) < 4.78 is 7.56. The van der Waals surface area contributed by atoms with Gasteiger partial charge in [-0.2, -0.15) is 0 Å². The lowest BCUT2D eigenvalue weighted by molar-refractivity contribution is 1.14. The van der Waals surface area contributed by atoms with Crippen LogP contribution >= 0.6 is 0 Å². The first-order valence-electron chi connectivity index (χ1n) is 22.1. The largest absolute Gasteiger partial charge is 0.309 e. The van der Waals surface area contributed by atoms with E-state index in [1.165, 1.54) is 86.2 Å². The van der Waals surface area contributed by atoms with Crippen LogP contribution in [0.1, 0.15) is 0 Å². The molecule has 13 aromatic rings. The van der Waals surface area contributed by atoms with Crippen molar-refractivity contribution in [3.8, 4) is 17.1 Å². The van der Waals surface area contributed by atoms with E-state index >= 15 is 0 Å². The molecule has 4 heteroatoms. The average molecular weight is 832 g/mol. The summed E-state index contributed by atoms with van der Waals surface area (Å²) in [4.78, 5) is 0. The summed E-state index contributed by atoms with van der Waals surface area (Å²) in [5.74, 6) is 0. The van der Waals surface area contributed by atoms with Crippen LogP contribution in [0.25, 0.3) is 82.5 Å². The van der Waals surface area contributed by atoms with Crippen molar-refractivity contribution in [2.45, 2.75) is 0 Å². The minimum atomic E-state index is -2.99. The topological polar surface area (TPSA) is 14.8 Å². The number of hydrogen-bond acceptors (Lipinski definition) is 0. The van der Waals surface area contributed by atoms with Gasteiger partial charge in [0.15, 0.2) is 8.07 Å². The van der Waals surface area contributed by atoms with E-state index in [2.05, 4.69) is 262 Å². The Hall–Kier alpha value is -8.18. The van der Waals surface area contributed by atoms with Crippen molar-refractivity contribution in [2.24, 2.45) is 0 Å². The maximum absolute atomic E-state index is 2.99. The molecule has 0 aliphatic rings. The van der Waals surface area contributed by atoms with Gasteiger partial charge in [0.25, 0.3) is 0 Å². The Morgan fingerprint density at radius 1 is 0.250 bits per heavy atom. The summed E-state index contributed by atoms with van der Waals surface area (Å²) in [6, 6.07) is 92.5. The molecule has 0 atom stereocenters. The lowest BCUT2D eigenvalue weighted by Crippen LogP contribution is -2.74. The molecule has 0 saturated carbocycles. The maximum atomic E-state index is 2.58. The van der Waals surface area contributed by atoms with Crippen molar-refractivity contribution in [3.63, 3.8) is 0 Å². The summed E-state index contributed by atoms with van der Waals surface area (Å²) in [5, 5.41) is 12.8. The summed E-state index contributed by atoms with van der Waals surface area (Å²) in [6.45, 7) is 0. The smallest absolute Gasteiger partial charge is 0.179 e. The van der Waals surface area contributed by atoms with Gasteiger partial charge in [-0.3, -0.25) is 0 Å². The molecule has 0 aliphatic heterocycles. The number of aromatic nitrogens is 3. The number of rotatable bonds is 7. The molecule has 0 N–H and O–H groups in total. The molecule has 0 amide bonds. The normalized spacial score (nSPS) is 12.1. The standard InChI is InChI=1S/C60H41N3Si/c1-5-22-42(23-6-1)61-55-37-20-16-33-50(55)59-56(61)38-21-39-57(59)63-54-36-19-15-32-49(54)51-40-46(41-58(60(51)63)62-52-34-17-13-30-47(52)48-31-14-18-35-53(48)62)64(43-24-7-2-8-25-43,44-26-9-3-10-27-44)45-28-11-4-12-29-45/h1-41H. The van der Waals surface area contributed by atoms with Crippen LogP contribution < -0.4 is 20.7 Å². The highest BCUT2D eigenvalue weighted by molar-refractivity contribution is 7.20. The zero-order chi connectivity index (χ0) is 42.2. The molecule has 0 bridgehead atoms. The average Bonchev–Trinajstić information content (AvgIpc) is 4.01. The second-order valence-corrected chi connectivity index (χ2v) is 20.6. The minimum absolute atomic E-state index is 1.15. The molecule has 0 spiro atoms. The van der Waals surface area contributed by atoms with Crippen molar-refractivity contribution in [2.75, 3.05) is 0 Å². The molecule has 0 radical (unpaired) electrons. The van der Waals surface area contributed by atoms with Gasteiger partial charge in [-0.05, 0) is 75.3 Å². The predicted octanol–water partition coefficient (Wildman–Crippen LogP) is 12.4. The fourth-order valence-corrected chi connectivity index (χ4v) is 15.8. The molecular formula is C60H41N3Si. The molecule has 10 aromatic carbocycles. The van der Waals surface area contributed by atoms with Gasteiger partial charge in [0, 0.05) is 38.0 Å². The van der Waals surface area contributed by atoms with Crippen LogP contribution in [0.3, 0.4) is 0 Å². The SMILES string of the molecule is c1ccc(-n2c3ccccc3c3c(-n4c5ccccc5c5cc([Si](c6ccccc6)(c6ccccc6)c6ccccc6)cc(-n6c7ccccc7c7ccccc76)c54)cccc32)cc1. The molecule has 13 rings (SSSR count). The number of nitrogens with zero attached hydrogens (tertiary/aromatic N) is 3. The molecule has 3 nitrogen and oxygen atoms in total. The van der Waals surface area contributed by atoms with Crippen molar-refractivity contribution >= 4 is 94.2 Å². The van der Waals surface area contributed by atoms with Gasteiger partial charge >= 0.3 is 0 Å². The zero-order valence-electron chi connectivity index (χ0n) is 35.0. The quantitative estimate of drug-likeness (QED) is 0.112. The van der Waals surface area contributed by atoms with Crippen LogP contribution in [-0.4, -0.2) is 21.8 Å². The monoisotopic (exact) mass is 831 g/mol. The minimum Gasteiger partial charge on any atom is -0.309 e.